The molecule has 0 unspecified atom stereocenters. The second-order valence-corrected chi connectivity index (χ2v) is 21.7. The van der Waals surface area contributed by atoms with Gasteiger partial charge in [-0.05, 0) is 72.8 Å². The summed E-state index contributed by atoms with van der Waals surface area (Å²) in [5.41, 5.74) is 0. The summed E-state index contributed by atoms with van der Waals surface area (Å²) in [5, 5.41) is 22.0. The van der Waals surface area contributed by atoms with Gasteiger partial charge >= 0.3 is 0 Å². The minimum Gasteiger partial charge on any atom is -0.353 e. The first-order chi connectivity index (χ1) is 31.2. The van der Waals surface area contributed by atoms with Crippen LogP contribution in [0.1, 0.15) is 0 Å². The van der Waals surface area contributed by atoms with Crippen molar-refractivity contribution in [1.82, 2.24) is 31.9 Å². The van der Waals surface area contributed by atoms with Crippen molar-refractivity contribution >= 4 is 81.8 Å². The first-order valence-electron chi connectivity index (χ1n) is 20.9. The van der Waals surface area contributed by atoms with Gasteiger partial charge in [-0.1, -0.05) is 109 Å². The van der Waals surface area contributed by atoms with Gasteiger partial charge in [0.1, 0.15) is 46.4 Å². The average Bonchev–Trinajstić information content (AvgIpc) is 3.35. The van der Waals surface area contributed by atoms with Crippen molar-refractivity contribution in [2.75, 3.05) is 51.6 Å². The number of rotatable bonds is 21. The molecule has 0 radical (unpaired) electrons. The van der Waals surface area contributed by atoms with Crippen molar-refractivity contribution in [3.05, 3.63) is 182 Å². The molecule has 14 heteroatoms. The standard InChI is InChI=1S/C50H50N6O6P2/c57-45(33-53-47(59)35-55-49(61)37-63(39-19-7-1-8-20-39,40-21-9-2-10-22-40)41-23-11-3-12-24-41)51-31-32-52-46(58)34-54-48(60)36-56-50(62)38-64(42-25-13-4-14-26-42,43-27-15-5-16-28-43)44-29-17-6-18-30-44/h1-30H,31-38H2,(H4-2,51,52,53,54,55,56,57,58,59,60,61,62)/p+2. The average molecular weight is 895 g/mol. The third-order valence-corrected chi connectivity index (χ3v) is 19.1. The smallest absolute Gasteiger partial charge is 0.259 e. The van der Waals surface area contributed by atoms with Crippen LogP contribution < -0.4 is 63.7 Å². The molecule has 6 N–H and O–H groups in total. The molecule has 0 bridgehead atoms. The molecule has 6 aromatic rings. The van der Waals surface area contributed by atoms with Crippen LogP contribution in [-0.2, 0) is 28.8 Å². The van der Waals surface area contributed by atoms with Crippen molar-refractivity contribution in [1.29, 1.82) is 0 Å². The fraction of sp³-hybridized carbons (Fsp3) is 0.160. The summed E-state index contributed by atoms with van der Waals surface area (Å²) in [7, 11) is -4.89. The van der Waals surface area contributed by atoms with E-state index in [9.17, 15) is 28.8 Å². The third-order valence-electron chi connectivity index (χ3n) is 10.5. The van der Waals surface area contributed by atoms with Crippen LogP contribution in [0.25, 0.3) is 0 Å². The highest BCUT2D eigenvalue weighted by molar-refractivity contribution is 7.96. The minimum atomic E-state index is -2.45. The number of benzene rings is 6. The SMILES string of the molecule is O=C(CNC(=O)CNC(=O)C[P+](c1ccccc1)(c1ccccc1)c1ccccc1)NCCNC(=O)CNC(=O)CNC(=O)C[P+](c1ccccc1)(c1ccccc1)c1ccccc1. The maximum atomic E-state index is 13.6. The molecule has 0 aliphatic carbocycles. The lowest BCUT2D eigenvalue weighted by molar-refractivity contribution is -0.127. The molecule has 0 aliphatic rings. The normalized spacial score (nSPS) is 11.1. The number of amides is 6. The molecule has 0 atom stereocenters. The Labute approximate surface area is 374 Å². The predicted molar refractivity (Wildman–Crippen MR) is 258 cm³/mol. The number of hydrogen-bond donors (Lipinski definition) is 6. The Morgan fingerprint density at radius 1 is 0.266 bits per heavy atom. The van der Waals surface area contributed by atoms with Gasteiger partial charge in [-0.15, -0.1) is 0 Å². The van der Waals surface area contributed by atoms with Gasteiger partial charge in [-0.2, -0.15) is 0 Å². The molecule has 6 rings (SSSR count). The lowest BCUT2D eigenvalue weighted by Gasteiger charge is -2.27. The Morgan fingerprint density at radius 2 is 0.453 bits per heavy atom. The van der Waals surface area contributed by atoms with Gasteiger partial charge in [-0.3, -0.25) is 28.8 Å². The van der Waals surface area contributed by atoms with E-state index in [1.165, 1.54) is 0 Å². The third kappa shape index (κ3) is 12.3. The van der Waals surface area contributed by atoms with Crippen LogP contribution in [0.4, 0.5) is 0 Å². The van der Waals surface area contributed by atoms with E-state index in [1.807, 2.05) is 182 Å². The second kappa shape index (κ2) is 23.4. The molecular weight excluding hydrogens is 843 g/mol. The summed E-state index contributed by atoms with van der Waals surface area (Å²) in [6.45, 7) is -1.14. The Bertz CT molecular complexity index is 2100. The van der Waals surface area contributed by atoms with E-state index in [4.69, 9.17) is 0 Å². The van der Waals surface area contributed by atoms with Crippen molar-refractivity contribution in [3.8, 4) is 0 Å². The van der Waals surface area contributed by atoms with Crippen LogP contribution in [0.5, 0.6) is 0 Å². The fourth-order valence-electron chi connectivity index (χ4n) is 7.45. The van der Waals surface area contributed by atoms with Crippen LogP contribution in [0, 0.1) is 0 Å². The molecule has 64 heavy (non-hydrogen) atoms. The van der Waals surface area contributed by atoms with E-state index in [1.54, 1.807) is 0 Å². The molecule has 0 aromatic heterocycles. The highest BCUT2D eigenvalue weighted by Crippen LogP contribution is 2.56. The molecule has 326 valence electrons. The molecule has 12 nitrogen and oxygen atoms in total. The lowest BCUT2D eigenvalue weighted by atomic mass is 10.4. The molecule has 0 fully saturated rings. The fourth-order valence-corrected chi connectivity index (χ4v) is 15.5. The van der Waals surface area contributed by atoms with E-state index in [0.717, 1.165) is 31.8 Å². The molecule has 0 saturated carbocycles. The van der Waals surface area contributed by atoms with Crippen LogP contribution in [0.3, 0.4) is 0 Å². The molecular formula is C50H52N6O6P2+2. The summed E-state index contributed by atoms with van der Waals surface area (Å²) >= 11 is 0. The van der Waals surface area contributed by atoms with Gasteiger partial charge in [0.05, 0.1) is 26.2 Å². The van der Waals surface area contributed by atoms with Crippen LogP contribution in [0.15, 0.2) is 182 Å². The van der Waals surface area contributed by atoms with Crippen molar-refractivity contribution in [2.24, 2.45) is 0 Å². The van der Waals surface area contributed by atoms with Crippen molar-refractivity contribution < 1.29 is 28.8 Å². The molecule has 6 amide bonds. The summed E-state index contributed by atoms with van der Waals surface area (Å²) in [6, 6.07) is 59.6. The van der Waals surface area contributed by atoms with E-state index in [2.05, 4.69) is 31.9 Å². The zero-order valence-corrected chi connectivity index (χ0v) is 37.1. The van der Waals surface area contributed by atoms with Crippen LogP contribution >= 0.6 is 14.5 Å². The van der Waals surface area contributed by atoms with E-state index in [0.29, 0.717) is 0 Å². The maximum Gasteiger partial charge on any atom is 0.259 e. The van der Waals surface area contributed by atoms with Gasteiger partial charge < -0.3 is 31.9 Å². The van der Waals surface area contributed by atoms with Crippen molar-refractivity contribution in [2.45, 2.75) is 0 Å². The second-order valence-electron chi connectivity index (χ2n) is 14.8. The van der Waals surface area contributed by atoms with E-state index < -0.39 is 38.2 Å². The number of nitrogens with one attached hydrogen (secondary N) is 6. The van der Waals surface area contributed by atoms with Crippen LogP contribution in [0.2, 0.25) is 0 Å². The summed E-state index contributed by atoms with van der Waals surface area (Å²) < 4.78 is 0. The van der Waals surface area contributed by atoms with E-state index >= 15 is 0 Å². The maximum absolute atomic E-state index is 13.6. The van der Waals surface area contributed by atoms with E-state index in [-0.39, 0.29) is 63.4 Å². The zero-order valence-electron chi connectivity index (χ0n) is 35.3. The van der Waals surface area contributed by atoms with Gasteiger partial charge in [0, 0.05) is 13.1 Å². The molecule has 0 saturated heterocycles. The Morgan fingerprint density at radius 3 is 0.672 bits per heavy atom. The minimum absolute atomic E-state index is 0.0700. The van der Waals surface area contributed by atoms with Gasteiger partial charge in [0.15, 0.2) is 12.3 Å². The molecule has 6 aromatic carbocycles. The summed E-state index contributed by atoms with van der Waals surface area (Å²) in [4.78, 5) is 77.4. The highest BCUT2D eigenvalue weighted by Gasteiger charge is 2.48. The van der Waals surface area contributed by atoms with Gasteiger partial charge in [0.2, 0.25) is 23.6 Å². The van der Waals surface area contributed by atoms with Crippen molar-refractivity contribution in [3.63, 3.8) is 0 Å². The summed E-state index contributed by atoms with van der Waals surface area (Å²) in [5.74, 6) is -2.63. The monoisotopic (exact) mass is 894 g/mol. The number of carbonyl (C=O) groups is 6. The summed E-state index contributed by atoms with van der Waals surface area (Å²) in [6.07, 6.45) is 0.290. The number of hydrogen-bond acceptors (Lipinski definition) is 6. The van der Waals surface area contributed by atoms with Gasteiger partial charge in [0.25, 0.3) is 11.8 Å². The molecule has 0 heterocycles. The van der Waals surface area contributed by atoms with Gasteiger partial charge in [-0.25, -0.2) is 0 Å². The number of carbonyl (C=O) groups excluding carboxylic acids is 6. The molecule has 0 aliphatic heterocycles. The zero-order chi connectivity index (χ0) is 45.0. The van der Waals surface area contributed by atoms with Crippen LogP contribution in [-0.4, -0.2) is 87.0 Å². The highest BCUT2D eigenvalue weighted by atomic mass is 31.2. The quantitative estimate of drug-likeness (QED) is 0.0474. The molecule has 0 spiro atoms. The Hall–Kier alpha value is -7.00. The first kappa shape index (κ1) is 46.5. The Kier molecular flexibility index (Phi) is 17.0. The largest absolute Gasteiger partial charge is 0.353 e. The first-order valence-corrected chi connectivity index (χ1v) is 24.9. The Balaban J connectivity index is 0.899. The topological polar surface area (TPSA) is 175 Å². The predicted octanol–water partition coefficient (Wildman–Crippen LogP) is 1.67. The lowest BCUT2D eigenvalue weighted by Crippen LogP contribution is -2.46.